The molecule has 0 spiro atoms. The maximum Gasteiger partial charge on any atom is 0.251 e. The minimum absolute atomic E-state index is 0.1000. The highest BCUT2D eigenvalue weighted by Gasteiger charge is 2.38. The van der Waals surface area contributed by atoms with Crippen molar-refractivity contribution in [2.45, 2.75) is 18.4 Å². The van der Waals surface area contributed by atoms with E-state index < -0.39 is 5.60 Å². The largest absolute Gasteiger partial charge is 0.493 e. The number of hydrogen-bond donors (Lipinski definition) is 2. The van der Waals surface area contributed by atoms with Crippen LogP contribution in [-0.4, -0.2) is 38.6 Å². The summed E-state index contributed by atoms with van der Waals surface area (Å²) in [5, 5.41) is 13.9. The lowest BCUT2D eigenvalue weighted by molar-refractivity contribution is 0.0368. The summed E-state index contributed by atoms with van der Waals surface area (Å²) in [6, 6.07) is 8.68. The number of amides is 1. The predicted molar refractivity (Wildman–Crippen MR) is 96.7 cm³/mol. The molecule has 0 aromatic heterocycles. The standard InChI is InChI=1S/C20H21NO6/c1-24-16-7-12-5-6-20(23,14(12)9-17(16)25-2)10-21-19(22)13-3-4-15-18(8-13)27-11-26-15/h3-4,7-9,23H,5-6,10-11H2,1-2H3,(H,21,22). The zero-order valence-electron chi connectivity index (χ0n) is 15.2. The van der Waals surface area contributed by atoms with Gasteiger partial charge in [0, 0.05) is 5.56 Å². The third-order valence-corrected chi connectivity index (χ3v) is 5.09. The van der Waals surface area contributed by atoms with Crippen molar-refractivity contribution < 1.29 is 28.8 Å². The van der Waals surface area contributed by atoms with Gasteiger partial charge in [0.05, 0.1) is 20.8 Å². The molecule has 1 amide bonds. The fourth-order valence-corrected chi connectivity index (χ4v) is 3.59. The monoisotopic (exact) mass is 371 g/mol. The smallest absolute Gasteiger partial charge is 0.251 e. The first-order valence-corrected chi connectivity index (χ1v) is 8.70. The second kappa shape index (κ2) is 6.66. The highest BCUT2D eigenvalue weighted by atomic mass is 16.7. The van der Waals surface area contributed by atoms with Crippen molar-refractivity contribution in [3.63, 3.8) is 0 Å². The fourth-order valence-electron chi connectivity index (χ4n) is 3.59. The average Bonchev–Trinajstić information content (AvgIpc) is 3.29. The van der Waals surface area contributed by atoms with E-state index in [4.69, 9.17) is 18.9 Å². The summed E-state index contributed by atoms with van der Waals surface area (Å²) in [5.74, 6) is 2.07. The van der Waals surface area contributed by atoms with Gasteiger partial charge < -0.3 is 29.4 Å². The number of aliphatic hydroxyl groups is 1. The molecule has 1 aliphatic heterocycles. The summed E-state index contributed by atoms with van der Waals surface area (Å²) < 4.78 is 21.2. The Morgan fingerprint density at radius 1 is 1.15 bits per heavy atom. The first kappa shape index (κ1) is 17.5. The molecular formula is C20H21NO6. The summed E-state index contributed by atoms with van der Waals surface area (Å²) in [6.07, 6.45) is 1.21. The summed E-state index contributed by atoms with van der Waals surface area (Å²) in [6.45, 7) is 0.255. The molecule has 0 radical (unpaired) electrons. The van der Waals surface area contributed by atoms with Gasteiger partial charge in [-0.05, 0) is 54.3 Å². The molecule has 2 aromatic carbocycles. The number of carbonyl (C=O) groups excluding carboxylic acids is 1. The summed E-state index contributed by atoms with van der Waals surface area (Å²) in [5.41, 5.74) is 1.05. The van der Waals surface area contributed by atoms with E-state index in [1.54, 1.807) is 38.5 Å². The number of carbonyl (C=O) groups is 1. The van der Waals surface area contributed by atoms with Crippen LogP contribution in [0, 0.1) is 0 Å². The lowest BCUT2D eigenvalue weighted by Crippen LogP contribution is -2.39. The number of aryl methyl sites for hydroxylation is 1. The van der Waals surface area contributed by atoms with Gasteiger partial charge in [0.15, 0.2) is 23.0 Å². The van der Waals surface area contributed by atoms with E-state index in [9.17, 15) is 9.90 Å². The Morgan fingerprint density at radius 2 is 1.89 bits per heavy atom. The van der Waals surface area contributed by atoms with Gasteiger partial charge in [0.1, 0.15) is 5.60 Å². The van der Waals surface area contributed by atoms with Crippen LogP contribution >= 0.6 is 0 Å². The van der Waals surface area contributed by atoms with Gasteiger partial charge in [-0.15, -0.1) is 0 Å². The quantitative estimate of drug-likeness (QED) is 0.836. The third-order valence-electron chi connectivity index (χ3n) is 5.09. The topological polar surface area (TPSA) is 86.2 Å². The van der Waals surface area contributed by atoms with Crippen molar-refractivity contribution in [3.8, 4) is 23.0 Å². The van der Waals surface area contributed by atoms with E-state index >= 15 is 0 Å². The Labute approximate surface area is 156 Å². The number of nitrogens with one attached hydrogen (secondary N) is 1. The highest BCUT2D eigenvalue weighted by Crippen LogP contribution is 2.42. The molecule has 1 aliphatic carbocycles. The third kappa shape index (κ3) is 3.04. The first-order chi connectivity index (χ1) is 13.0. The highest BCUT2D eigenvalue weighted by molar-refractivity contribution is 5.95. The number of hydrogen-bond acceptors (Lipinski definition) is 6. The molecule has 2 aromatic rings. The SMILES string of the molecule is COc1cc2c(cc1OC)C(O)(CNC(=O)c1ccc3c(c1)OCO3)CC2. The molecule has 1 heterocycles. The first-order valence-electron chi connectivity index (χ1n) is 8.70. The van der Waals surface area contributed by atoms with Crippen LogP contribution in [0.1, 0.15) is 27.9 Å². The average molecular weight is 371 g/mol. The van der Waals surface area contributed by atoms with Crippen molar-refractivity contribution >= 4 is 5.91 Å². The van der Waals surface area contributed by atoms with Gasteiger partial charge in [-0.1, -0.05) is 0 Å². The van der Waals surface area contributed by atoms with Gasteiger partial charge in [-0.25, -0.2) is 0 Å². The van der Waals surface area contributed by atoms with Crippen molar-refractivity contribution in [2.75, 3.05) is 27.6 Å². The van der Waals surface area contributed by atoms with Gasteiger partial charge >= 0.3 is 0 Å². The number of benzene rings is 2. The Balaban J connectivity index is 1.51. The Kier molecular flexibility index (Phi) is 4.31. The summed E-state index contributed by atoms with van der Waals surface area (Å²) >= 11 is 0. The van der Waals surface area contributed by atoms with E-state index in [-0.39, 0.29) is 19.2 Å². The molecule has 0 saturated carbocycles. The Hall–Kier alpha value is -2.93. The number of fused-ring (bicyclic) bond motifs is 2. The summed E-state index contributed by atoms with van der Waals surface area (Å²) in [4.78, 5) is 12.5. The lowest BCUT2D eigenvalue weighted by atomic mass is 9.95. The van der Waals surface area contributed by atoms with Crippen LogP contribution < -0.4 is 24.3 Å². The molecule has 7 heteroatoms. The molecular weight excluding hydrogens is 350 g/mol. The van der Waals surface area contributed by atoms with Crippen LogP contribution in [0.3, 0.4) is 0 Å². The normalized spacial score (nSPS) is 19.5. The maximum atomic E-state index is 12.5. The Morgan fingerprint density at radius 3 is 2.67 bits per heavy atom. The second-order valence-corrected chi connectivity index (χ2v) is 6.65. The van der Waals surface area contributed by atoms with Crippen LogP contribution in [0.25, 0.3) is 0 Å². The van der Waals surface area contributed by atoms with Gasteiger partial charge in [-0.2, -0.15) is 0 Å². The van der Waals surface area contributed by atoms with E-state index in [0.29, 0.717) is 41.4 Å². The molecule has 142 valence electrons. The maximum absolute atomic E-state index is 12.5. The van der Waals surface area contributed by atoms with Gasteiger partial charge in [0.2, 0.25) is 6.79 Å². The molecule has 1 atom stereocenters. The predicted octanol–water partition coefficient (Wildman–Crippen LogP) is 2.00. The lowest BCUT2D eigenvalue weighted by Gasteiger charge is -2.25. The Bertz CT molecular complexity index is 896. The van der Waals surface area contributed by atoms with Gasteiger partial charge in [0.25, 0.3) is 5.91 Å². The van der Waals surface area contributed by atoms with Crippen LogP contribution in [0.15, 0.2) is 30.3 Å². The van der Waals surface area contributed by atoms with Crippen molar-refractivity contribution in [1.29, 1.82) is 0 Å². The fraction of sp³-hybridized carbons (Fsp3) is 0.350. The van der Waals surface area contributed by atoms with Gasteiger partial charge in [-0.3, -0.25) is 4.79 Å². The van der Waals surface area contributed by atoms with Crippen LogP contribution in [0.4, 0.5) is 0 Å². The molecule has 7 nitrogen and oxygen atoms in total. The molecule has 0 bridgehead atoms. The summed E-state index contributed by atoms with van der Waals surface area (Å²) in [7, 11) is 3.14. The number of ether oxygens (including phenoxy) is 4. The molecule has 2 aliphatic rings. The van der Waals surface area contributed by atoms with E-state index in [2.05, 4.69) is 5.32 Å². The van der Waals surface area contributed by atoms with E-state index in [0.717, 1.165) is 11.1 Å². The molecule has 0 saturated heterocycles. The number of rotatable bonds is 5. The van der Waals surface area contributed by atoms with Crippen molar-refractivity contribution in [2.24, 2.45) is 0 Å². The minimum Gasteiger partial charge on any atom is -0.493 e. The molecule has 2 N–H and O–H groups in total. The van der Waals surface area contributed by atoms with Crippen LogP contribution in [0.5, 0.6) is 23.0 Å². The zero-order chi connectivity index (χ0) is 19.0. The minimum atomic E-state index is -1.15. The molecule has 27 heavy (non-hydrogen) atoms. The molecule has 1 unspecified atom stereocenters. The van der Waals surface area contributed by atoms with E-state index in [1.165, 1.54) is 0 Å². The van der Waals surface area contributed by atoms with E-state index in [1.807, 2.05) is 6.07 Å². The number of methoxy groups -OCH3 is 2. The van der Waals surface area contributed by atoms with Crippen molar-refractivity contribution in [3.05, 3.63) is 47.0 Å². The van der Waals surface area contributed by atoms with Crippen LogP contribution in [0.2, 0.25) is 0 Å². The van der Waals surface area contributed by atoms with Crippen molar-refractivity contribution in [1.82, 2.24) is 5.32 Å². The molecule has 0 fully saturated rings. The second-order valence-electron chi connectivity index (χ2n) is 6.65. The van der Waals surface area contributed by atoms with Crippen LogP contribution in [-0.2, 0) is 12.0 Å². The zero-order valence-corrected chi connectivity index (χ0v) is 15.2. The molecule has 4 rings (SSSR count).